The maximum atomic E-state index is 13.4. The van der Waals surface area contributed by atoms with Gasteiger partial charge in [-0.05, 0) is 97.6 Å². The largest absolute Gasteiger partial charge is 0.325 e. The van der Waals surface area contributed by atoms with E-state index in [1.54, 1.807) is 36.4 Å². The number of aryl methyl sites for hydroxylation is 2. The predicted molar refractivity (Wildman–Crippen MR) is 176 cm³/mol. The molecular weight excluding hydrogens is 610 g/mol. The van der Waals surface area contributed by atoms with E-state index in [2.05, 4.69) is 31.9 Å². The number of rotatable bonds is 10. The number of halogens is 1. The van der Waals surface area contributed by atoms with Crippen molar-refractivity contribution in [2.45, 2.75) is 37.3 Å². The van der Waals surface area contributed by atoms with Crippen molar-refractivity contribution < 1.29 is 14.4 Å². The van der Waals surface area contributed by atoms with Gasteiger partial charge < -0.3 is 16.0 Å². The van der Waals surface area contributed by atoms with Gasteiger partial charge in [-0.3, -0.25) is 14.4 Å². The van der Waals surface area contributed by atoms with E-state index in [1.807, 2.05) is 87.5 Å². The standard InChI is InChI=1S/C34H32BrN3O3S/c1-4-31(34(41)37-28-17-16-22(2)23(3)18-28)42-29-15-9-14-27(21-29)36-33(40)30(20-24-10-8-13-26(35)19-24)38-32(39)25-11-6-5-7-12-25/h5-21,31H,4H2,1-3H3,(H,36,40)(H,37,41)(H,38,39)/b30-20+. The Bertz CT molecular complexity index is 1620. The third-order valence-electron chi connectivity index (χ3n) is 6.50. The summed E-state index contributed by atoms with van der Waals surface area (Å²) < 4.78 is 0.849. The summed E-state index contributed by atoms with van der Waals surface area (Å²) in [6.07, 6.45) is 2.26. The molecule has 6 nitrogen and oxygen atoms in total. The molecule has 1 atom stereocenters. The molecule has 0 aromatic heterocycles. The number of hydrogen-bond donors (Lipinski definition) is 3. The normalized spacial score (nSPS) is 11.9. The number of thioether (sulfide) groups is 1. The number of hydrogen-bond acceptors (Lipinski definition) is 4. The summed E-state index contributed by atoms with van der Waals surface area (Å²) in [5, 5.41) is 8.35. The van der Waals surface area contributed by atoms with Gasteiger partial charge in [0.1, 0.15) is 5.70 Å². The first-order valence-corrected chi connectivity index (χ1v) is 15.2. The van der Waals surface area contributed by atoms with Crippen LogP contribution >= 0.6 is 27.7 Å². The molecule has 4 rings (SSSR count). The van der Waals surface area contributed by atoms with Gasteiger partial charge in [-0.2, -0.15) is 0 Å². The van der Waals surface area contributed by atoms with Gasteiger partial charge in [0.05, 0.1) is 5.25 Å². The van der Waals surface area contributed by atoms with Crippen molar-refractivity contribution in [3.8, 4) is 0 Å². The van der Waals surface area contributed by atoms with Crippen LogP contribution in [0.1, 0.15) is 40.4 Å². The number of benzene rings is 4. The maximum Gasteiger partial charge on any atom is 0.272 e. The number of carbonyl (C=O) groups excluding carboxylic acids is 3. The molecule has 8 heteroatoms. The molecule has 214 valence electrons. The minimum Gasteiger partial charge on any atom is -0.325 e. The average Bonchev–Trinajstić information content (AvgIpc) is 2.98. The molecule has 1 unspecified atom stereocenters. The van der Waals surface area contributed by atoms with Gasteiger partial charge in [-0.25, -0.2) is 0 Å². The molecule has 0 bridgehead atoms. The Balaban J connectivity index is 1.50. The van der Waals surface area contributed by atoms with Gasteiger partial charge in [-0.1, -0.05) is 65.3 Å². The lowest BCUT2D eigenvalue weighted by atomic mass is 10.1. The molecular formula is C34H32BrN3O3S. The first kappa shape index (κ1) is 30.8. The SMILES string of the molecule is CCC(Sc1cccc(NC(=O)/C(=C\c2cccc(Br)c2)NC(=O)c2ccccc2)c1)C(=O)Nc1ccc(C)c(C)c1. The van der Waals surface area contributed by atoms with Crippen LogP contribution in [0.25, 0.3) is 6.08 Å². The molecule has 0 radical (unpaired) electrons. The van der Waals surface area contributed by atoms with Crippen LogP contribution in [0, 0.1) is 13.8 Å². The zero-order chi connectivity index (χ0) is 30.1. The van der Waals surface area contributed by atoms with E-state index in [-0.39, 0.29) is 16.9 Å². The molecule has 0 spiro atoms. The number of amides is 3. The summed E-state index contributed by atoms with van der Waals surface area (Å²) in [6, 6.07) is 29.4. The Kier molecular flexibility index (Phi) is 10.8. The quantitative estimate of drug-likeness (QED) is 0.121. The van der Waals surface area contributed by atoms with Gasteiger partial charge in [0.15, 0.2) is 0 Å². The summed E-state index contributed by atoms with van der Waals surface area (Å²) in [5.74, 6) is -0.944. The second-order valence-corrected chi connectivity index (χ2v) is 11.9. The van der Waals surface area contributed by atoms with Gasteiger partial charge in [0.25, 0.3) is 11.8 Å². The summed E-state index contributed by atoms with van der Waals surface area (Å²) in [7, 11) is 0. The van der Waals surface area contributed by atoms with Crippen molar-refractivity contribution in [1.82, 2.24) is 5.32 Å². The lowest BCUT2D eigenvalue weighted by Gasteiger charge is -2.16. The molecule has 0 saturated heterocycles. The summed E-state index contributed by atoms with van der Waals surface area (Å²) in [6.45, 7) is 6.02. The van der Waals surface area contributed by atoms with Crippen molar-refractivity contribution in [1.29, 1.82) is 0 Å². The smallest absolute Gasteiger partial charge is 0.272 e. The van der Waals surface area contributed by atoms with Crippen molar-refractivity contribution >= 4 is 62.9 Å². The van der Waals surface area contributed by atoms with Crippen LogP contribution in [0.3, 0.4) is 0 Å². The fourth-order valence-corrected chi connectivity index (χ4v) is 5.51. The van der Waals surface area contributed by atoms with Crippen molar-refractivity contribution in [3.63, 3.8) is 0 Å². The van der Waals surface area contributed by atoms with E-state index in [9.17, 15) is 14.4 Å². The fourth-order valence-electron chi connectivity index (χ4n) is 4.08. The molecule has 0 aliphatic carbocycles. The predicted octanol–water partition coefficient (Wildman–Crippen LogP) is 7.98. The molecule has 4 aromatic rings. The molecule has 0 saturated carbocycles. The Morgan fingerprint density at radius 2 is 1.55 bits per heavy atom. The van der Waals surface area contributed by atoms with E-state index < -0.39 is 11.8 Å². The van der Waals surface area contributed by atoms with E-state index in [4.69, 9.17) is 0 Å². The Labute approximate surface area is 259 Å². The number of carbonyl (C=O) groups is 3. The monoisotopic (exact) mass is 641 g/mol. The highest BCUT2D eigenvalue weighted by molar-refractivity contribution is 9.10. The minimum absolute atomic E-state index is 0.0805. The van der Waals surface area contributed by atoms with E-state index in [0.717, 1.165) is 26.2 Å². The highest BCUT2D eigenvalue weighted by Crippen LogP contribution is 2.29. The lowest BCUT2D eigenvalue weighted by Crippen LogP contribution is -2.30. The van der Waals surface area contributed by atoms with Crippen LogP contribution in [0.15, 0.2) is 112 Å². The average molecular weight is 643 g/mol. The third-order valence-corrected chi connectivity index (χ3v) is 8.35. The third kappa shape index (κ3) is 8.68. The Morgan fingerprint density at radius 1 is 0.810 bits per heavy atom. The van der Waals surface area contributed by atoms with E-state index in [1.165, 1.54) is 17.3 Å². The number of anilines is 2. The second-order valence-electron chi connectivity index (χ2n) is 9.72. The van der Waals surface area contributed by atoms with Crippen LogP contribution in [0.5, 0.6) is 0 Å². The van der Waals surface area contributed by atoms with Crippen LogP contribution in [0.4, 0.5) is 11.4 Å². The highest BCUT2D eigenvalue weighted by Gasteiger charge is 2.19. The molecule has 3 amide bonds. The Morgan fingerprint density at radius 3 is 2.26 bits per heavy atom. The van der Waals surface area contributed by atoms with Gasteiger partial charge in [0, 0.05) is 26.3 Å². The molecule has 0 fully saturated rings. The maximum absolute atomic E-state index is 13.4. The van der Waals surface area contributed by atoms with Crippen LogP contribution in [0.2, 0.25) is 0 Å². The van der Waals surface area contributed by atoms with Gasteiger partial charge >= 0.3 is 0 Å². The Hall–Kier alpha value is -4.14. The lowest BCUT2D eigenvalue weighted by molar-refractivity contribution is -0.116. The van der Waals surface area contributed by atoms with Crippen LogP contribution in [-0.2, 0) is 9.59 Å². The zero-order valence-electron chi connectivity index (χ0n) is 23.6. The molecule has 0 aliphatic rings. The van der Waals surface area contributed by atoms with Gasteiger partial charge in [0.2, 0.25) is 5.91 Å². The highest BCUT2D eigenvalue weighted by atomic mass is 79.9. The number of nitrogens with one attached hydrogen (secondary N) is 3. The van der Waals surface area contributed by atoms with Gasteiger partial charge in [-0.15, -0.1) is 11.8 Å². The molecule has 0 heterocycles. The molecule has 3 N–H and O–H groups in total. The first-order chi connectivity index (χ1) is 20.2. The van der Waals surface area contributed by atoms with Crippen molar-refractivity contribution in [3.05, 3.63) is 129 Å². The zero-order valence-corrected chi connectivity index (χ0v) is 26.0. The minimum atomic E-state index is -0.471. The summed E-state index contributed by atoms with van der Waals surface area (Å²) >= 11 is 4.88. The summed E-state index contributed by atoms with van der Waals surface area (Å²) in [4.78, 5) is 40.3. The topological polar surface area (TPSA) is 87.3 Å². The second kappa shape index (κ2) is 14.7. The fraction of sp³-hybridized carbons (Fsp3) is 0.147. The van der Waals surface area contributed by atoms with Crippen LogP contribution < -0.4 is 16.0 Å². The molecule has 42 heavy (non-hydrogen) atoms. The van der Waals surface area contributed by atoms with Crippen LogP contribution in [-0.4, -0.2) is 23.0 Å². The first-order valence-electron chi connectivity index (χ1n) is 13.5. The molecule has 0 aliphatic heterocycles. The molecule has 4 aromatic carbocycles. The van der Waals surface area contributed by atoms with E-state index >= 15 is 0 Å². The summed E-state index contributed by atoms with van der Waals surface area (Å²) in [5.41, 5.74) is 4.88. The van der Waals surface area contributed by atoms with Crippen molar-refractivity contribution in [2.75, 3.05) is 10.6 Å². The van der Waals surface area contributed by atoms with Crippen molar-refractivity contribution in [2.24, 2.45) is 0 Å². The van der Waals surface area contributed by atoms with E-state index in [0.29, 0.717) is 17.7 Å².